The molecule has 0 heterocycles. The average molecular weight is 320 g/mol. The summed E-state index contributed by atoms with van der Waals surface area (Å²) in [5.74, 6) is 0.817. The highest BCUT2D eigenvalue weighted by molar-refractivity contribution is 6.30. The van der Waals surface area contributed by atoms with Gasteiger partial charge in [-0.3, -0.25) is 0 Å². The van der Waals surface area contributed by atoms with Crippen molar-refractivity contribution in [1.29, 1.82) is 5.26 Å². The Bertz CT molecular complexity index is 816. The normalized spacial score (nSPS) is 10.1. The fourth-order valence-electron chi connectivity index (χ4n) is 2.23. The fourth-order valence-corrected chi connectivity index (χ4v) is 2.35. The van der Waals surface area contributed by atoms with E-state index in [0.717, 1.165) is 27.5 Å². The van der Waals surface area contributed by atoms with Gasteiger partial charge in [-0.2, -0.15) is 5.26 Å². The summed E-state index contributed by atoms with van der Waals surface area (Å²) in [5, 5.41) is 9.55. The van der Waals surface area contributed by atoms with Crippen LogP contribution in [0.4, 0.5) is 0 Å². The molecule has 0 N–H and O–H groups in total. The molecule has 0 fully saturated rings. The van der Waals surface area contributed by atoms with Crippen molar-refractivity contribution in [2.24, 2.45) is 0 Å². The molecule has 3 aromatic rings. The Labute approximate surface area is 140 Å². The molecule has 0 spiro atoms. The summed E-state index contributed by atoms with van der Waals surface area (Å²) >= 11 is 5.86. The zero-order chi connectivity index (χ0) is 16.1. The SMILES string of the molecule is N#Cc1ccc(-c2ccc(OCc3ccc(Cl)cc3)cc2)cc1. The van der Waals surface area contributed by atoms with E-state index in [-0.39, 0.29) is 0 Å². The largest absolute Gasteiger partial charge is 0.489 e. The number of hydrogen-bond donors (Lipinski definition) is 0. The highest BCUT2D eigenvalue weighted by atomic mass is 35.5. The summed E-state index contributed by atoms with van der Waals surface area (Å²) in [6, 6.07) is 25.2. The van der Waals surface area contributed by atoms with E-state index in [0.29, 0.717) is 12.2 Å². The summed E-state index contributed by atoms with van der Waals surface area (Å²) < 4.78 is 5.77. The Hall–Kier alpha value is -2.76. The number of halogens is 1. The van der Waals surface area contributed by atoms with Gasteiger partial charge in [-0.15, -0.1) is 0 Å². The van der Waals surface area contributed by atoms with Crippen LogP contribution in [0.25, 0.3) is 11.1 Å². The third-order valence-corrected chi connectivity index (χ3v) is 3.77. The Balaban J connectivity index is 1.66. The third kappa shape index (κ3) is 3.91. The maximum absolute atomic E-state index is 8.83. The molecule has 3 heteroatoms. The minimum absolute atomic E-state index is 0.507. The lowest BCUT2D eigenvalue weighted by Gasteiger charge is -2.08. The summed E-state index contributed by atoms with van der Waals surface area (Å²) in [6.45, 7) is 0.507. The minimum atomic E-state index is 0.507. The molecule has 0 bridgehead atoms. The maximum atomic E-state index is 8.83. The van der Waals surface area contributed by atoms with Crippen molar-refractivity contribution < 1.29 is 4.74 Å². The van der Waals surface area contributed by atoms with Crippen LogP contribution < -0.4 is 4.74 Å². The minimum Gasteiger partial charge on any atom is -0.489 e. The van der Waals surface area contributed by atoms with Crippen molar-refractivity contribution in [2.75, 3.05) is 0 Å². The first kappa shape index (κ1) is 15.1. The highest BCUT2D eigenvalue weighted by Crippen LogP contribution is 2.23. The van der Waals surface area contributed by atoms with E-state index in [2.05, 4.69) is 6.07 Å². The second-order valence-corrected chi connectivity index (χ2v) is 5.57. The quantitative estimate of drug-likeness (QED) is 0.640. The first-order valence-corrected chi connectivity index (χ1v) is 7.60. The molecule has 112 valence electrons. The van der Waals surface area contributed by atoms with Crippen LogP contribution in [0.5, 0.6) is 5.75 Å². The van der Waals surface area contributed by atoms with Gasteiger partial charge in [0.1, 0.15) is 12.4 Å². The second-order valence-electron chi connectivity index (χ2n) is 5.13. The fraction of sp³-hybridized carbons (Fsp3) is 0.0500. The molecular weight excluding hydrogens is 306 g/mol. The molecular formula is C20H14ClNO. The monoisotopic (exact) mass is 319 g/mol. The van der Waals surface area contributed by atoms with Crippen LogP contribution in [0.2, 0.25) is 5.02 Å². The molecule has 0 atom stereocenters. The van der Waals surface area contributed by atoms with Crippen LogP contribution in [-0.2, 0) is 6.61 Å². The summed E-state index contributed by atoms with van der Waals surface area (Å²) in [7, 11) is 0. The Morgan fingerprint density at radius 1 is 0.783 bits per heavy atom. The Morgan fingerprint density at radius 3 is 1.91 bits per heavy atom. The van der Waals surface area contributed by atoms with E-state index in [1.807, 2.05) is 72.8 Å². The van der Waals surface area contributed by atoms with Crippen molar-refractivity contribution in [3.63, 3.8) is 0 Å². The molecule has 0 aliphatic heterocycles. The number of ether oxygens (including phenoxy) is 1. The van der Waals surface area contributed by atoms with Gasteiger partial charge in [0.15, 0.2) is 0 Å². The Morgan fingerprint density at radius 2 is 1.35 bits per heavy atom. The number of rotatable bonds is 4. The predicted molar refractivity (Wildman–Crippen MR) is 92.4 cm³/mol. The molecule has 0 unspecified atom stereocenters. The molecule has 2 nitrogen and oxygen atoms in total. The van der Waals surface area contributed by atoms with Crippen LogP contribution in [-0.4, -0.2) is 0 Å². The number of nitrogens with zero attached hydrogens (tertiary/aromatic N) is 1. The zero-order valence-corrected chi connectivity index (χ0v) is 13.1. The highest BCUT2D eigenvalue weighted by Gasteiger charge is 2.00. The predicted octanol–water partition coefficient (Wildman–Crippen LogP) is 5.46. The molecule has 0 saturated carbocycles. The third-order valence-electron chi connectivity index (χ3n) is 3.52. The molecule has 3 rings (SSSR count). The lowest BCUT2D eigenvalue weighted by atomic mass is 10.0. The second kappa shape index (κ2) is 7.00. The van der Waals surface area contributed by atoms with Gasteiger partial charge in [-0.1, -0.05) is 48.0 Å². The molecule has 0 saturated heterocycles. The molecule has 0 aromatic heterocycles. The Kier molecular flexibility index (Phi) is 4.61. The molecule has 0 aliphatic carbocycles. The van der Waals surface area contributed by atoms with E-state index in [1.165, 1.54) is 0 Å². The molecule has 3 aromatic carbocycles. The van der Waals surface area contributed by atoms with Gasteiger partial charge in [0, 0.05) is 5.02 Å². The first-order chi connectivity index (χ1) is 11.2. The number of nitriles is 1. The van der Waals surface area contributed by atoms with E-state index in [1.54, 1.807) is 0 Å². The van der Waals surface area contributed by atoms with Gasteiger partial charge >= 0.3 is 0 Å². The number of benzene rings is 3. The van der Waals surface area contributed by atoms with Crippen molar-refractivity contribution in [3.05, 3.63) is 88.9 Å². The molecule has 23 heavy (non-hydrogen) atoms. The van der Waals surface area contributed by atoms with Crippen LogP contribution in [0.3, 0.4) is 0 Å². The molecule has 0 aliphatic rings. The van der Waals surface area contributed by atoms with Crippen LogP contribution in [0.1, 0.15) is 11.1 Å². The van der Waals surface area contributed by atoms with Crippen LogP contribution in [0.15, 0.2) is 72.8 Å². The lowest BCUT2D eigenvalue weighted by molar-refractivity contribution is 0.306. The van der Waals surface area contributed by atoms with E-state index >= 15 is 0 Å². The molecule has 0 radical (unpaired) electrons. The average Bonchev–Trinajstić information content (AvgIpc) is 2.62. The van der Waals surface area contributed by atoms with E-state index in [9.17, 15) is 0 Å². The van der Waals surface area contributed by atoms with Crippen molar-refractivity contribution in [2.45, 2.75) is 6.61 Å². The number of hydrogen-bond acceptors (Lipinski definition) is 2. The van der Waals surface area contributed by atoms with Gasteiger partial charge in [0.25, 0.3) is 0 Å². The van der Waals surface area contributed by atoms with Gasteiger partial charge in [-0.05, 0) is 53.1 Å². The summed E-state index contributed by atoms with van der Waals surface area (Å²) in [4.78, 5) is 0. The van der Waals surface area contributed by atoms with E-state index in [4.69, 9.17) is 21.6 Å². The van der Waals surface area contributed by atoms with Gasteiger partial charge in [0.2, 0.25) is 0 Å². The summed E-state index contributed by atoms with van der Waals surface area (Å²) in [5.41, 5.74) is 3.91. The maximum Gasteiger partial charge on any atom is 0.119 e. The van der Waals surface area contributed by atoms with Crippen LogP contribution >= 0.6 is 11.6 Å². The smallest absolute Gasteiger partial charge is 0.119 e. The van der Waals surface area contributed by atoms with Gasteiger partial charge in [0.05, 0.1) is 11.6 Å². The van der Waals surface area contributed by atoms with Crippen LogP contribution in [0, 0.1) is 11.3 Å². The van der Waals surface area contributed by atoms with Crippen molar-refractivity contribution >= 4 is 11.6 Å². The van der Waals surface area contributed by atoms with Gasteiger partial charge in [-0.25, -0.2) is 0 Å². The zero-order valence-electron chi connectivity index (χ0n) is 12.4. The van der Waals surface area contributed by atoms with Gasteiger partial charge < -0.3 is 4.74 Å². The topological polar surface area (TPSA) is 33.0 Å². The van der Waals surface area contributed by atoms with E-state index < -0.39 is 0 Å². The summed E-state index contributed by atoms with van der Waals surface area (Å²) in [6.07, 6.45) is 0. The molecule has 0 amide bonds. The van der Waals surface area contributed by atoms with Crippen molar-refractivity contribution in [1.82, 2.24) is 0 Å². The van der Waals surface area contributed by atoms with Crippen molar-refractivity contribution in [3.8, 4) is 22.9 Å². The standard InChI is InChI=1S/C20H14ClNO/c21-19-9-3-16(4-10-19)14-23-20-11-7-18(8-12-20)17-5-1-15(13-22)2-6-17/h1-12H,14H2. The first-order valence-electron chi connectivity index (χ1n) is 7.22. The lowest BCUT2D eigenvalue weighted by Crippen LogP contribution is -1.94.